The molecule has 1 fully saturated rings. The van der Waals surface area contributed by atoms with E-state index >= 15 is 0 Å². The van der Waals surface area contributed by atoms with Crippen LogP contribution in [0, 0.1) is 13.8 Å². The van der Waals surface area contributed by atoms with Gasteiger partial charge in [0.25, 0.3) is 0 Å². The van der Waals surface area contributed by atoms with Gasteiger partial charge in [0.1, 0.15) is 4.21 Å². The zero-order valence-corrected chi connectivity index (χ0v) is 12.3. The normalized spacial score (nSPS) is 25.3. The van der Waals surface area contributed by atoms with E-state index in [1.54, 1.807) is 6.07 Å². The van der Waals surface area contributed by atoms with E-state index in [4.69, 9.17) is 0 Å². The first-order chi connectivity index (χ1) is 8.38. The first-order valence-electron chi connectivity index (χ1n) is 6.16. The molecule has 2 N–H and O–H groups in total. The van der Waals surface area contributed by atoms with E-state index in [2.05, 4.69) is 4.72 Å². The fraction of sp³-hybridized carbons (Fsp3) is 0.667. The Labute approximate surface area is 112 Å². The van der Waals surface area contributed by atoms with E-state index in [9.17, 15) is 13.5 Å². The third kappa shape index (κ3) is 3.12. The summed E-state index contributed by atoms with van der Waals surface area (Å²) in [7, 11) is -3.39. The molecule has 102 valence electrons. The highest BCUT2D eigenvalue weighted by atomic mass is 32.2. The molecule has 1 saturated carbocycles. The van der Waals surface area contributed by atoms with Crippen LogP contribution >= 0.6 is 11.3 Å². The summed E-state index contributed by atoms with van der Waals surface area (Å²) < 4.78 is 27.5. The average molecular weight is 289 g/mol. The Hall–Kier alpha value is -0.430. The van der Waals surface area contributed by atoms with Crippen LogP contribution in [-0.2, 0) is 10.0 Å². The van der Waals surface area contributed by atoms with Gasteiger partial charge in [-0.15, -0.1) is 11.3 Å². The Morgan fingerprint density at radius 1 is 1.28 bits per heavy atom. The molecule has 0 radical (unpaired) electrons. The molecule has 0 spiro atoms. The van der Waals surface area contributed by atoms with Crippen LogP contribution in [0.15, 0.2) is 10.3 Å². The number of aryl methyl sites for hydroxylation is 2. The first-order valence-corrected chi connectivity index (χ1v) is 8.46. The average Bonchev–Trinajstić information content (AvgIpc) is 2.63. The minimum absolute atomic E-state index is 0.0406. The Morgan fingerprint density at radius 2 is 1.89 bits per heavy atom. The third-order valence-electron chi connectivity index (χ3n) is 3.43. The Kier molecular flexibility index (Phi) is 4.11. The van der Waals surface area contributed by atoms with Crippen molar-refractivity contribution in [2.45, 2.75) is 55.9 Å². The molecule has 0 bridgehead atoms. The van der Waals surface area contributed by atoms with Crippen molar-refractivity contribution in [2.75, 3.05) is 0 Å². The van der Waals surface area contributed by atoms with Crippen LogP contribution in [0.2, 0.25) is 0 Å². The van der Waals surface area contributed by atoms with E-state index in [-0.39, 0.29) is 12.1 Å². The minimum Gasteiger partial charge on any atom is -0.393 e. The van der Waals surface area contributed by atoms with Gasteiger partial charge in [-0.1, -0.05) is 0 Å². The summed E-state index contributed by atoms with van der Waals surface area (Å²) in [6, 6.07) is 1.68. The number of rotatable bonds is 3. The maximum atomic E-state index is 12.2. The molecule has 18 heavy (non-hydrogen) atoms. The van der Waals surface area contributed by atoms with Crippen molar-refractivity contribution in [1.82, 2.24) is 4.72 Å². The van der Waals surface area contributed by atoms with Gasteiger partial charge in [-0.25, -0.2) is 13.1 Å². The second-order valence-corrected chi connectivity index (χ2v) is 8.13. The Morgan fingerprint density at radius 3 is 2.39 bits per heavy atom. The zero-order valence-electron chi connectivity index (χ0n) is 10.6. The van der Waals surface area contributed by atoms with Gasteiger partial charge in [0.15, 0.2) is 0 Å². The van der Waals surface area contributed by atoms with Crippen LogP contribution in [0.25, 0.3) is 0 Å². The van der Waals surface area contributed by atoms with Crippen LogP contribution in [0.1, 0.15) is 36.1 Å². The Balaban J connectivity index is 2.08. The lowest BCUT2D eigenvalue weighted by molar-refractivity contribution is 0.120. The third-order valence-corrected chi connectivity index (χ3v) is 6.57. The highest BCUT2D eigenvalue weighted by molar-refractivity contribution is 7.91. The lowest BCUT2D eigenvalue weighted by Gasteiger charge is -2.25. The summed E-state index contributed by atoms with van der Waals surface area (Å²) in [4.78, 5) is 1.04. The molecular formula is C12H19NO3S2. The van der Waals surface area contributed by atoms with Gasteiger partial charge in [-0.2, -0.15) is 0 Å². The number of hydrogen-bond donors (Lipinski definition) is 2. The summed E-state index contributed by atoms with van der Waals surface area (Å²) in [5.41, 5.74) is 1.01. The van der Waals surface area contributed by atoms with Gasteiger partial charge < -0.3 is 5.11 Å². The molecule has 0 amide bonds. The van der Waals surface area contributed by atoms with E-state index < -0.39 is 10.0 Å². The number of aliphatic hydroxyl groups excluding tert-OH is 1. The van der Waals surface area contributed by atoms with Crippen molar-refractivity contribution in [3.05, 3.63) is 16.5 Å². The molecular weight excluding hydrogens is 270 g/mol. The number of thiophene rings is 1. The predicted molar refractivity (Wildman–Crippen MR) is 72.4 cm³/mol. The van der Waals surface area contributed by atoms with Gasteiger partial charge in [0.05, 0.1) is 6.10 Å². The molecule has 1 aromatic heterocycles. The predicted octanol–water partition coefficient (Wildman–Crippen LogP) is 1.95. The lowest BCUT2D eigenvalue weighted by atomic mass is 9.94. The molecule has 2 rings (SSSR count). The smallest absolute Gasteiger partial charge is 0.250 e. The molecule has 0 aliphatic heterocycles. The van der Waals surface area contributed by atoms with Crippen molar-refractivity contribution in [3.8, 4) is 0 Å². The molecule has 1 aliphatic carbocycles. The first kappa shape index (κ1) is 14.0. The summed E-state index contributed by atoms with van der Waals surface area (Å²) in [5.74, 6) is 0. The standard InChI is InChI=1S/C12H19NO3S2/c1-8-7-12(17-9(8)2)18(15,16)13-10-3-5-11(14)6-4-10/h7,10-11,13-14H,3-6H2,1-2H3. The van der Waals surface area contributed by atoms with Gasteiger partial charge in [0.2, 0.25) is 10.0 Å². The van der Waals surface area contributed by atoms with Gasteiger partial charge in [0, 0.05) is 10.9 Å². The van der Waals surface area contributed by atoms with E-state index in [1.165, 1.54) is 11.3 Å². The van der Waals surface area contributed by atoms with Crippen molar-refractivity contribution < 1.29 is 13.5 Å². The number of nitrogens with one attached hydrogen (secondary N) is 1. The zero-order chi connectivity index (χ0) is 13.3. The summed E-state index contributed by atoms with van der Waals surface area (Å²) in [6.07, 6.45) is 2.51. The highest BCUT2D eigenvalue weighted by Crippen LogP contribution is 2.26. The summed E-state index contributed by atoms with van der Waals surface area (Å²) >= 11 is 1.31. The number of hydrogen-bond acceptors (Lipinski definition) is 4. The molecule has 0 saturated heterocycles. The van der Waals surface area contributed by atoms with Gasteiger partial charge in [-0.3, -0.25) is 0 Å². The number of sulfonamides is 1. The molecule has 0 unspecified atom stereocenters. The summed E-state index contributed by atoms with van der Waals surface area (Å²) in [6.45, 7) is 3.85. The molecule has 1 aromatic rings. The van der Waals surface area contributed by atoms with Crippen LogP contribution in [0.3, 0.4) is 0 Å². The second-order valence-electron chi connectivity index (χ2n) is 4.93. The van der Waals surface area contributed by atoms with Crippen molar-refractivity contribution in [2.24, 2.45) is 0 Å². The Bertz CT molecular complexity index is 494. The maximum absolute atomic E-state index is 12.2. The van der Waals surface area contributed by atoms with Crippen molar-refractivity contribution in [3.63, 3.8) is 0 Å². The summed E-state index contributed by atoms with van der Waals surface area (Å²) in [5, 5.41) is 9.41. The topological polar surface area (TPSA) is 66.4 Å². The van der Waals surface area contributed by atoms with Crippen LogP contribution < -0.4 is 4.72 Å². The van der Waals surface area contributed by atoms with E-state index in [0.29, 0.717) is 29.9 Å². The molecule has 0 atom stereocenters. The lowest BCUT2D eigenvalue weighted by Crippen LogP contribution is -2.38. The number of aliphatic hydroxyl groups is 1. The van der Waals surface area contributed by atoms with Crippen molar-refractivity contribution in [1.29, 1.82) is 0 Å². The van der Waals surface area contributed by atoms with Gasteiger partial charge >= 0.3 is 0 Å². The minimum atomic E-state index is -3.39. The quantitative estimate of drug-likeness (QED) is 0.893. The fourth-order valence-corrected chi connectivity index (χ4v) is 4.98. The highest BCUT2D eigenvalue weighted by Gasteiger charge is 2.25. The SMILES string of the molecule is Cc1cc(S(=O)(=O)NC2CCC(O)CC2)sc1C. The molecule has 1 heterocycles. The van der Waals surface area contributed by atoms with Crippen LogP contribution in [-0.4, -0.2) is 25.7 Å². The van der Waals surface area contributed by atoms with E-state index in [1.807, 2.05) is 13.8 Å². The van der Waals surface area contributed by atoms with Crippen molar-refractivity contribution >= 4 is 21.4 Å². The van der Waals surface area contributed by atoms with E-state index in [0.717, 1.165) is 10.4 Å². The maximum Gasteiger partial charge on any atom is 0.250 e. The molecule has 6 heteroatoms. The monoisotopic (exact) mass is 289 g/mol. The van der Waals surface area contributed by atoms with Crippen LogP contribution in [0.5, 0.6) is 0 Å². The largest absolute Gasteiger partial charge is 0.393 e. The molecule has 0 aromatic carbocycles. The van der Waals surface area contributed by atoms with Gasteiger partial charge in [-0.05, 0) is 51.2 Å². The fourth-order valence-electron chi connectivity index (χ4n) is 2.14. The molecule has 4 nitrogen and oxygen atoms in total. The molecule has 1 aliphatic rings. The van der Waals surface area contributed by atoms with Crippen LogP contribution in [0.4, 0.5) is 0 Å². The second kappa shape index (κ2) is 5.28.